The Bertz CT molecular complexity index is 433. The van der Waals surface area contributed by atoms with Crippen LogP contribution in [0, 0.1) is 0 Å². The quantitative estimate of drug-likeness (QED) is 0.741. The fraction of sp³-hybridized carbons (Fsp3) is 0. The van der Waals surface area contributed by atoms with Crippen molar-refractivity contribution in [2.45, 2.75) is 0 Å². The highest BCUT2D eigenvalue weighted by Gasteiger charge is 1.93. The standard InChI is InChI=1S/C8H6N2O.BrH/c11-8-7-2-3-9-5-6(7)1-4-10-8;/h1-5H,(H,10,11);1H. The van der Waals surface area contributed by atoms with Gasteiger partial charge >= 0.3 is 0 Å². The van der Waals surface area contributed by atoms with E-state index in [2.05, 4.69) is 9.97 Å². The molecular formula is C8H7BrN2O. The van der Waals surface area contributed by atoms with Gasteiger partial charge in [-0.25, -0.2) is 0 Å². The number of nitrogens with zero attached hydrogens (tertiary/aromatic N) is 1. The van der Waals surface area contributed by atoms with Gasteiger partial charge in [-0.2, -0.15) is 0 Å². The first-order chi connectivity index (χ1) is 5.38. The van der Waals surface area contributed by atoms with Gasteiger partial charge in [0.1, 0.15) is 0 Å². The molecule has 0 aliphatic carbocycles. The molecule has 2 rings (SSSR count). The van der Waals surface area contributed by atoms with E-state index < -0.39 is 0 Å². The Labute approximate surface area is 79.2 Å². The summed E-state index contributed by atoms with van der Waals surface area (Å²) in [5, 5.41) is 1.55. The van der Waals surface area contributed by atoms with Gasteiger partial charge < -0.3 is 4.98 Å². The van der Waals surface area contributed by atoms with Gasteiger partial charge in [0.05, 0.1) is 5.39 Å². The van der Waals surface area contributed by atoms with E-state index in [1.54, 1.807) is 24.7 Å². The van der Waals surface area contributed by atoms with Gasteiger partial charge in [-0.15, -0.1) is 17.0 Å². The summed E-state index contributed by atoms with van der Waals surface area (Å²) in [7, 11) is 0. The molecule has 1 N–H and O–H groups in total. The van der Waals surface area contributed by atoms with Crippen LogP contribution < -0.4 is 5.56 Å². The number of aromatic nitrogens is 2. The van der Waals surface area contributed by atoms with Crippen molar-refractivity contribution in [1.29, 1.82) is 0 Å². The number of aromatic amines is 1. The Morgan fingerprint density at radius 1 is 1.33 bits per heavy atom. The maximum Gasteiger partial charge on any atom is 0.255 e. The van der Waals surface area contributed by atoms with E-state index in [0.29, 0.717) is 5.39 Å². The van der Waals surface area contributed by atoms with Crippen molar-refractivity contribution in [3.05, 3.63) is 41.1 Å². The second-order valence-corrected chi connectivity index (χ2v) is 2.27. The Balaban J connectivity index is 0.000000720. The van der Waals surface area contributed by atoms with E-state index in [-0.39, 0.29) is 22.5 Å². The zero-order chi connectivity index (χ0) is 7.68. The summed E-state index contributed by atoms with van der Waals surface area (Å²) < 4.78 is 0. The van der Waals surface area contributed by atoms with Gasteiger partial charge in [-0.1, -0.05) is 0 Å². The number of nitrogens with one attached hydrogen (secondary N) is 1. The molecule has 12 heavy (non-hydrogen) atoms. The number of halogens is 1. The maximum absolute atomic E-state index is 11.1. The molecule has 0 saturated heterocycles. The van der Waals surface area contributed by atoms with Crippen molar-refractivity contribution in [3.63, 3.8) is 0 Å². The van der Waals surface area contributed by atoms with Crippen LogP contribution in [0.25, 0.3) is 10.8 Å². The van der Waals surface area contributed by atoms with E-state index >= 15 is 0 Å². The topological polar surface area (TPSA) is 45.8 Å². The zero-order valence-corrected chi connectivity index (χ0v) is 7.86. The monoisotopic (exact) mass is 226 g/mol. The van der Waals surface area contributed by atoms with Crippen molar-refractivity contribution in [2.75, 3.05) is 0 Å². The van der Waals surface area contributed by atoms with Crippen LogP contribution in [0.4, 0.5) is 0 Å². The number of hydrogen-bond acceptors (Lipinski definition) is 2. The van der Waals surface area contributed by atoms with Gasteiger partial charge in [0.15, 0.2) is 0 Å². The van der Waals surface area contributed by atoms with Gasteiger partial charge in [-0.05, 0) is 12.1 Å². The number of rotatable bonds is 0. The van der Waals surface area contributed by atoms with Crippen LogP contribution in [0.2, 0.25) is 0 Å². The summed E-state index contributed by atoms with van der Waals surface area (Å²) in [6, 6.07) is 3.53. The number of H-pyrrole nitrogens is 1. The third-order valence-corrected chi connectivity index (χ3v) is 1.57. The maximum atomic E-state index is 11.1. The molecule has 2 aromatic rings. The molecule has 0 saturated carbocycles. The molecule has 2 aromatic heterocycles. The molecule has 0 aromatic carbocycles. The van der Waals surface area contributed by atoms with Crippen molar-refractivity contribution < 1.29 is 0 Å². The summed E-state index contributed by atoms with van der Waals surface area (Å²) in [6.07, 6.45) is 4.90. The molecule has 0 fully saturated rings. The van der Waals surface area contributed by atoms with E-state index in [9.17, 15) is 4.79 Å². The fourth-order valence-corrected chi connectivity index (χ4v) is 1.03. The molecule has 0 unspecified atom stereocenters. The SMILES string of the molecule is Br.O=c1[nH]ccc2cnccc12. The summed E-state index contributed by atoms with van der Waals surface area (Å²) in [4.78, 5) is 17.6. The second-order valence-electron chi connectivity index (χ2n) is 2.27. The first-order valence-corrected chi connectivity index (χ1v) is 3.29. The largest absolute Gasteiger partial charge is 0.329 e. The molecule has 3 nitrogen and oxygen atoms in total. The smallest absolute Gasteiger partial charge is 0.255 e. The molecule has 62 valence electrons. The van der Waals surface area contributed by atoms with E-state index in [1.165, 1.54) is 0 Å². The van der Waals surface area contributed by atoms with E-state index in [4.69, 9.17) is 0 Å². The van der Waals surface area contributed by atoms with Crippen LogP contribution in [-0.2, 0) is 0 Å². The third-order valence-electron chi connectivity index (χ3n) is 1.57. The lowest BCUT2D eigenvalue weighted by Crippen LogP contribution is -2.03. The van der Waals surface area contributed by atoms with Crippen LogP contribution >= 0.6 is 17.0 Å². The molecule has 0 spiro atoms. The number of fused-ring (bicyclic) bond motifs is 1. The van der Waals surface area contributed by atoms with Crippen LogP contribution in [0.5, 0.6) is 0 Å². The highest BCUT2D eigenvalue weighted by molar-refractivity contribution is 8.93. The Kier molecular flexibility index (Phi) is 2.60. The predicted octanol–water partition coefficient (Wildman–Crippen LogP) is 1.50. The second kappa shape index (κ2) is 3.49. The Hall–Kier alpha value is -1.16. The zero-order valence-electron chi connectivity index (χ0n) is 6.15. The molecular weight excluding hydrogens is 220 g/mol. The average Bonchev–Trinajstić information content (AvgIpc) is 2.06. The summed E-state index contributed by atoms with van der Waals surface area (Å²) in [5.41, 5.74) is -0.0649. The Morgan fingerprint density at radius 3 is 2.92 bits per heavy atom. The van der Waals surface area contributed by atoms with Crippen molar-refractivity contribution in [2.24, 2.45) is 0 Å². The highest BCUT2D eigenvalue weighted by Crippen LogP contribution is 2.03. The van der Waals surface area contributed by atoms with Gasteiger partial charge in [0.2, 0.25) is 0 Å². The molecule has 0 amide bonds. The lowest BCUT2D eigenvalue weighted by atomic mass is 10.2. The predicted molar refractivity (Wildman–Crippen MR) is 52.7 cm³/mol. The molecule has 2 heterocycles. The minimum atomic E-state index is -0.0649. The summed E-state index contributed by atoms with van der Waals surface area (Å²) >= 11 is 0. The van der Waals surface area contributed by atoms with E-state index in [1.807, 2.05) is 6.07 Å². The highest BCUT2D eigenvalue weighted by atomic mass is 79.9. The van der Waals surface area contributed by atoms with Gasteiger partial charge in [0, 0.05) is 24.0 Å². The van der Waals surface area contributed by atoms with Crippen molar-refractivity contribution >= 4 is 27.8 Å². The lowest BCUT2D eigenvalue weighted by molar-refractivity contribution is 1.26. The van der Waals surface area contributed by atoms with Crippen molar-refractivity contribution in [3.8, 4) is 0 Å². The molecule has 0 aliphatic heterocycles. The molecule has 4 heteroatoms. The summed E-state index contributed by atoms with van der Waals surface area (Å²) in [5.74, 6) is 0. The van der Waals surface area contributed by atoms with Gasteiger partial charge in [-0.3, -0.25) is 9.78 Å². The minimum absolute atomic E-state index is 0. The number of pyridine rings is 2. The minimum Gasteiger partial charge on any atom is -0.329 e. The van der Waals surface area contributed by atoms with E-state index in [0.717, 1.165) is 5.39 Å². The third kappa shape index (κ3) is 1.38. The van der Waals surface area contributed by atoms with Crippen LogP contribution in [-0.4, -0.2) is 9.97 Å². The van der Waals surface area contributed by atoms with Gasteiger partial charge in [0.25, 0.3) is 5.56 Å². The lowest BCUT2D eigenvalue weighted by Gasteiger charge is -1.91. The van der Waals surface area contributed by atoms with Crippen LogP contribution in [0.3, 0.4) is 0 Å². The first kappa shape index (κ1) is 8.93. The van der Waals surface area contributed by atoms with Crippen molar-refractivity contribution in [1.82, 2.24) is 9.97 Å². The summed E-state index contributed by atoms with van der Waals surface area (Å²) in [6.45, 7) is 0. The number of hydrogen-bond donors (Lipinski definition) is 1. The molecule has 0 bridgehead atoms. The average molecular weight is 227 g/mol. The van der Waals surface area contributed by atoms with Crippen LogP contribution in [0.1, 0.15) is 0 Å². The fourth-order valence-electron chi connectivity index (χ4n) is 1.03. The molecule has 0 atom stereocenters. The van der Waals surface area contributed by atoms with Crippen LogP contribution in [0.15, 0.2) is 35.5 Å². The molecule has 0 radical (unpaired) electrons. The Morgan fingerprint density at radius 2 is 2.17 bits per heavy atom. The first-order valence-electron chi connectivity index (χ1n) is 3.29. The normalized spacial score (nSPS) is 9.33. The molecule has 0 aliphatic rings.